The van der Waals surface area contributed by atoms with Crippen LogP contribution in [0.15, 0.2) is 41.1 Å². The van der Waals surface area contributed by atoms with E-state index in [4.69, 9.17) is 4.74 Å². The second-order valence-electron chi connectivity index (χ2n) is 6.27. The Morgan fingerprint density at radius 1 is 1.20 bits per heavy atom. The highest BCUT2D eigenvalue weighted by Crippen LogP contribution is 2.26. The maximum atomic E-state index is 12.5. The molecule has 25 heavy (non-hydrogen) atoms. The molecule has 1 aliphatic heterocycles. The van der Waals surface area contributed by atoms with Gasteiger partial charge in [0.2, 0.25) is 10.0 Å². The van der Waals surface area contributed by atoms with Gasteiger partial charge in [-0.05, 0) is 66.0 Å². The Morgan fingerprint density at radius 3 is 2.52 bits per heavy atom. The SMILES string of the molecule is COc1ccc(CS(=O)(=O)NCC(c2ccsc2)N2CCCC2)cc1. The lowest BCUT2D eigenvalue weighted by atomic mass is 10.1. The summed E-state index contributed by atoms with van der Waals surface area (Å²) in [5.41, 5.74) is 1.95. The minimum atomic E-state index is -3.38. The summed E-state index contributed by atoms with van der Waals surface area (Å²) < 4.78 is 32.9. The summed E-state index contributed by atoms with van der Waals surface area (Å²) in [6, 6.07) is 9.33. The first-order valence-electron chi connectivity index (χ1n) is 8.44. The number of hydrogen-bond acceptors (Lipinski definition) is 5. The number of methoxy groups -OCH3 is 1. The number of rotatable bonds is 8. The quantitative estimate of drug-likeness (QED) is 0.765. The van der Waals surface area contributed by atoms with Crippen LogP contribution < -0.4 is 9.46 Å². The molecule has 5 nitrogen and oxygen atoms in total. The van der Waals surface area contributed by atoms with Crippen molar-refractivity contribution in [2.45, 2.75) is 24.6 Å². The van der Waals surface area contributed by atoms with Crippen molar-refractivity contribution in [2.75, 3.05) is 26.7 Å². The molecule has 0 spiro atoms. The molecule has 7 heteroatoms. The van der Waals surface area contributed by atoms with Gasteiger partial charge >= 0.3 is 0 Å². The molecule has 0 aliphatic carbocycles. The van der Waals surface area contributed by atoms with E-state index in [1.807, 2.05) is 5.38 Å². The Balaban J connectivity index is 1.64. The van der Waals surface area contributed by atoms with E-state index in [1.165, 1.54) is 18.4 Å². The fraction of sp³-hybridized carbons (Fsp3) is 0.444. The molecule has 3 rings (SSSR count). The third-order valence-corrected chi connectivity index (χ3v) is 6.54. The van der Waals surface area contributed by atoms with Crippen molar-refractivity contribution in [3.05, 3.63) is 52.2 Å². The minimum Gasteiger partial charge on any atom is -0.497 e. The van der Waals surface area contributed by atoms with Crippen molar-refractivity contribution in [1.82, 2.24) is 9.62 Å². The van der Waals surface area contributed by atoms with Crippen molar-refractivity contribution in [2.24, 2.45) is 0 Å². The monoisotopic (exact) mass is 380 g/mol. The van der Waals surface area contributed by atoms with Gasteiger partial charge in [-0.25, -0.2) is 13.1 Å². The van der Waals surface area contributed by atoms with Crippen molar-refractivity contribution >= 4 is 21.4 Å². The van der Waals surface area contributed by atoms with E-state index in [0.717, 1.165) is 24.4 Å². The molecule has 136 valence electrons. The average Bonchev–Trinajstić information content (AvgIpc) is 3.29. The molecule has 1 aromatic carbocycles. The van der Waals surface area contributed by atoms with E-state index in [1.54, 1.807) is 42.7 Å². The summed E-state index contributed by atoms with van der Waals surface area (Å²) >= 11 is 1.65. The van der Waals surface area contributed by atoms with Crippen LogP contribution in [0.2, 0.25) is 0 Å². The summed E-state index contributed by atoms with van der Waals surface area (Å²) in [6.45, 7) is 2.47. The number of nitrogens with zero attached hydrogens (tertiary/aromatic N) is 1. The van der Waals surface area contributed by atoms with Crippen LogP contribution in [0.3, 0.4) is 0 Å². The smallest absolute Gasteiger partial charge is 0.215 e. The van der Waals surface area contributed by atoms with Gasteiger partial charge in [0.05, 0.1) is 12.9 Å². The molecule has 2 heterocycles. The zero-order chi connectivity index (χ0) is 17.7. The number of hydrogen-bond donors (Lipinski definition) is 1. The maximum Gasteiger partial charge on any atom is 0.215 e. The van der Waals surface area contributed by atoms with Crippen LogP contribution in [0.5, 0.6) is 5.75 Å². The first-order chi connectivity index (χ1) is 12.1. The van der Waals surface area contributed by atoms with Crippen molar-refractivity contribution < 1.29 is 13.2 Å². The number of likely N-dealkylation sites (tertiary alicyclic amines) is 1. The molecular formula is C18H24N2O3S2. The standard InChI is InChI=1S/C18H24N2O3S2/c1-23-17-6-4-15(5-7-17)14-25(21,22)19-12-18(16-8-11-24-13-16)20-9-2-3-10-20/h4-8,11,13,18-19H,2-3,9-10,12,14H2,1H3. The molecule has 0 amide bonds. The van der Waals surface area contributed by atoms with Crippen LogP contribution in [0.1, 0.15) is 30.0 Å². The molecule has 0 bridgehead atoms. The fourth-order valence-electron chi connectivity index (χ4n) is 3.17. The van der Waals surface area contributed by atoms with Crippen molar-refractivity contribution in [1.29, 1.82) is 0 Å². The molecule has 1 saturated heterocycles. The van der Waals surface area contributed by atoms with Gasteiger partial charge in [0.15, 0.2) is 0 Å². The van der Waals surface area contributed by atoms with E-state index >= 15 is 0 Å². The van der Waals surface area contributed by atoms with Crippen LogP contribution in [0, 0.1) is 0 Å². The Hall–Kier alpha value is -1.41. The highest BCUT2D eigenvalue weighted by molar-refractivity contribution is 7.88. The van der Waals surface area contributed by atoms with Gasteiger partial charge in [0, 0.05) is 12.6 Å². The molecule has 1 fully saturated rings. The number of thiophene rings is 1. The van der Waals surface area contributed by atoms with Crippen molar-refractivity contribution in [3.63, 3.8) is 0 Å². The summed E-state index contributed by atoms with van der Waals surface area (Å²) in [5.74, 6) is 0.702. The molecule has 1 atom stereocenters. The van der Waals surface area contributed by atoms with E-state index in [2.05, 4.69) is 21.1 Å². The number of ether oxygens (including phenoxy) is 1. The van der Waals surface area contributed by atoms with Gasteiger partial charge in [0.25, 0.3) is 0 Å². The van der Waals surface area contributed by atoms with Gasteiger partial charge in [0.1, 0.15) is 5.75 Å². The normalized spacial score (nSPS) is 16.8. The molecule has 0 radical (unpaired) electrons. The molecular weight excluding hydrogens is 356 g/mol. The fourth-order valence-corrected chi connectivity index (χ4v) is 5.03. The molecule has 1 unspecified atom stereocenters. The lowest BCUT2D eigenvalue weighted by Crippen LogP contribution is -2.37. The number of nitrogens with one attached hydrogen (secondary N) is 1. The van der Waals surface area contributed by atoms with E-state index < -0.39 is 10.0 Å². The van der Waals surface area contributed by atoms with E-state index in [-0.39, 0.29) is 11.8 Å². The van der Waals surface area contributed by atoms with Crippen LogP contribution in [-0.2, 0) is 15.8 Å². The first-order valence-corrected chi connectivity index (χ1v) is 11.0. The Kier molecular flexibility index (Phi) is 6.11. The molecule has 2 aromatic rings. The third kappa shape index (κ3) is 5.04. The summed E-state index contributed by atoms with van der Waals surface area (Å²) in [6.07, 6.45) is 2.36. The van der Waals surface area contributed by atoms with E-state index in [0.29, 0.717) is 6.54 Å². The van der Waals surface area contributed by atoms with Crippen LogP contribution >= 0.6 is 11.3 Å². The van der Waals surface area contributed by atoms with E-state index in [9.17, 15) is 8.42 Å². The van der Waals surface area contributed by atoms with Gasteiger partial charge < -0.3 is 4.74 Å². The Morgan fingerprint density at radius 2 is 1.92 bits per heavy atom. The largest absolute Gasteiger partial charge is 0.497 e. The summed E-state index contributed by atoms with van der Waals surface area (Å²) in [4.78, 5) is 2.37. The molecule has 1 aromatic heterocycles. The molecule has 1 aliphatic rings. The Labute approximate surface area is 153 Å². The Bertz CT molecular complexity index is 752. The lowest BCUT2D eigenvalue weighted by molar-refractivity contribution is 0.247. The second kappa shape index (κ2) is 8.31. The first kappa shape index (κ1) is 18.4. The highest BCUT2D eigenvalue weighted by Gasteiger charge is 2.25. The topological polar surface area (TPSA) is 58.6 Å². The van der Waals surface area contributed by atoms with Gasteiger partial charge in [-0.15, -0.1) is 0 Å². The lowest BCUT2D eigenvalue weighted by Gasteiger charge is -2.27. The van der Waals surface area contributed by atoms with Gasteiger partial charge in [-0.3, -0.25) is 4.90 Å². The second-order valence-corrected chi connectivity index (χ2v) is 8.86. The molecule has 1 N–H and O–H groups in total. The van der Waals surface area contributed by atoms with Crippen LogP contribution in [0.4, 0.5) is 0 Å². The van der Waals surface area contributed by atoms with Gasteiger partial charge in [-0.1, -0.05) is 12.1 Å². The van der Waals surface area contributed by atoms with Gasteiger partial charge in [-0.2, -0.15) is 11.3 Å². The summed E-state index contributed by atoms with van der Waals surface area (Å²) in [5, 5.41) is 4.16. The highest BCUT2D eigenvalue weighted by atomic mass is 32.2. The minimum absolute atomic E-state index is 0.0205. The van der Waals surface area contributed by atoms with Crippen molar-refractivity contribution in [3.8, 4) is 5.75 Å². The predicted octanol–water partition coefficient (Wildman–Crippen LogP) is 3.01. The van der Waals surface area contributed by atoms with Crippen LogP contribution in [-0.4, -0.2) is 40.1 Å². The average molecular weight is 381 g/mol. The van der Waals surface area contributed by atoms with Crippen LogP contribution in [0.25, 0.3) is 0 Å². The maximum absolute atomic E-state index is 12.5. The zero-order valence-corrected chi connectivity index (χ0v) is 16.0. The zero-order valence-electron chi connectivity index (χ0n) is 14.3. The third-order valence-electron chi connectivity index (χ3n) is 4.52. The summed E-state index contributed by atoms with van der Waals surface area (Å²) in [7, 11) is -1.79. The molecule has 0 saturated carbocycles. The number of sulfonamides is 1. The predicted molar refractivity (Wildman–Crippen MR) is 101 cm³/mol. The number of benzene rings is 1.